The summed E-state index contributed by atoms with van der Waals surface area (Å²) in [5, 5.41) is 10.7. The minimum absolute atomic E-state index is 0. The van der Waals surface area contributed by atoms with E-state index in [1.807, 2.05) is 30.3 Å². The zero-order valence-electron chi connectivity index (χ0n) is 17.7. The molecule has 8 heteroatoms. The SMILES string of the molecule is CCC(CC)c1cc(CNC(=NC)NCCCOc2ccc(OC)cc2)on1.I. The Morgan fingerprint density at radius 1 is 1.14 bits per heavy atom. The Balaban J connectivity index is 0.00000420. The number of rotatable bonds is 11. The van der Waals surface area contributed by atoms with E-state index in [4.69, 9.17) is 14.0 Å². The second-order valence-corrected chi connectivity index (χ2v) is 6.46. The van der Waals surface area contributed by atoms with Gasteiger partial charge in [-0.15, -0.1) is 24.0 Å². The number of hydrogen-bond donors (Lipinski definition) is 2. The number of methoxy groups -OCH3 is 1. The molecule has 0 atom stereocenters. The third kappa shape index (κ3) is 8.51. The maximum Gasteiger partial charge on any atom is 0.191 e. The van der Waals surface area contributed by atoms with Crippen molar-refractivity contribution in [3.05, 3.63) is 41.8 Å². The van der Waals surface area contributed by atoms with Crippen molar-refractivity contribution < 1.29 is 14.0 Å². The number of halogens is 1. The maximum absolute atomic E-state index is 5.72. The number of ether oxygens (including phenoxy) is 2. The van der Waals surface area contributed by atoms with Gasteiger partial charge in [-0.1, -0.05) is 19.0 Å². The maximum atomic E-state index is 5.72. The lowest BCUT2D eigenvalue weighted by molar-refractivity contribution is 0.310. The smallest absolute Gasteiger partial charge is 0.191 e. The van der Waals surface area contributed by atoms with Crippen molar-refractivity contribution in [2.45, 2.75) is 45.6 Å². The van der Waals surface area contributed by atoms with E-state index >= 15 is 0 Å². The van der Waals surface area contributed by atoms with E-state index in [1.54, 1.807) is 14.2 Å². The van der Waals surface area contributed by atoms with Crippen LogP contribution < -0.4 is 20.1 Å². The molecule has 0 unspecified atom stereocenters. The average molecular weight is 516 g/mol. The van der Waals surface area contributed by atoms with Crippen molar-refractivity contribution in [2.24, 2.45) is 4.99 Å². The van der Waals surface area contributed by atoms with Crippen LogP contribution in [0.15, 0.2) is 39.8 Å². The minimum atomic E-state index is 0. The molecule has 2 aromatic rings. The molecule has 1 aromatic carbocycles. The second kappa shape index (κ2) is 14.1. The molecular formula is C21H33IN4O3. The molecule has 0 aliphatic carbocycles. The fraction of sp³-hybridized carbons (Fsp3) is 0.524. The quantitative estimate of drug-likeness (QED) is 0.200. The standard InChI is InChI=1S/C21H32N4O3.HI/c1-5-16(6-2)20-14-19(28-25-20)15-24-21(22-3)23-12-7-13-27-18-10-8-17(26-4)9-11-18;/h8-11,14,16H,5-7,12-13,15H2,1-4H3,(H2,22,23,24);1H. The molecule has 0 spiro atoms. The van der Waals surface area contributed by atoms with E-state index in [9.17, 15) is 0 Å². The molecule has 0 saturated carbocycles. The van der Waals surface area contributed by atoms with Crippen LogP contribution in [0.4, 0.5) is 0 Å². The molecule has 0 radical (unpaired) electrons. The number of nitrogens with one attached hydrogen (secondary N) is 2. The zero-order chi connectivity index (χ0) is 20.2. The first-order valence-electron chi connectivity index (χ1n) is 9.87. The zero-order valence-corrected chi connectivity index (χ0v) is 20.1. The summed E-state index contributed by atoms with van der Waals surface area (Å²) in [6.07, 6.45) is 2.99. The molecule has 1 heterocycles. The van der Waals surface area contributed by atoms with E-state index < -0.39 is 0 Å². The summed E-state index contributed by atoms with van der Waals surface area (Å²) in [4.78, 5) is 4.23. The van der Waals surface area contributed by atoms with Crippen molar-refractivity contribution >= 4 is 29.9 Å². The highest BCUT2D eigenvalue weighted by molar-refractivity contribution is 14.0. The van der Waals surface area contributed by atoms with Gasteiger partial charge in [0.2, 0.25) is 0 Å². The number of hydrogen-bond acceptors (Lipinski definition) is 5. The Kier molecular flexibility index (Phi) is 12.2. The molecule has 29 heavy (non-hydrogen) atoms. The van der Waals surface area contributed by atoms with E-state index in [0.717, 1.165) is 54.7 Å². The van der Waals surface area contributed by atoms with Crippen molar-refractivity contribution in [3.63, 3.8) is 0 Å². The number of aliphatic imine (C=N–C) groups is 1. The third-order valence-electron chi connectivity index (χ3n) is 4.58. The van der Waals surface area contributed by atoms with Gasteiger partial charge in [-0.05, 0) is 43.5 Å². The van der Waals surface area contributed by atoms with Gasteiger partial charge < -0.3 is 24.6 Å². The summed E-state index contributed by atoms with van der Waals surface area (Å²) < 4.78 is 16.3. The third-order valence-corrected chi connectivity index (χ3v) is 4.58. The van der Waals surface area contributed by atoms with Crippen molar-refractivity contribution in [1.29, 1.82) is 0 Å². The summed E-state index contributed by atoms with van der Waals surface area (Å²) in [5.41, 5.74) is 1.03. The Morgan fingerprint density at radius 3 is 2.45 bits per heavy atom. The molecule has 0 aliphatic heterocycles. The second-order valence-electron chi connectivity index (χ2n) is 6.46. The lowest BCUT2D eigenvalue weighted by Crippen LogP contribution is -2.37. The van der Waals surface area contributed by atoms with Gasteiger partial charge in [-0.3, -0.25) is 4.99 Å². The monoisotopic (exact) mass is 516 g/mol. The number of aromatic nitrogens is 1. The van der Waals surface area contributed by atoms with Gasteiger partial charge in [-0.2, -0.15) is 0 Å². The number of nitrogens with zero attached hydrogens (tertiary/aromatic N) is 2. The van der Waals surface area contributed by atoms with Gasteiger partial charge in [0.25, 0.3) is 0 Å². The van der Waals surface area contributed by atoms with Crippen molar-refractivity contribution in [2.75, 3.05) is 27.3 Å². The first kappa shape index (κ1) is 25.1. The van der Waals surface area contributed by atoms with Crippen LogP contribution in [0.25, 0.3) is 0 Å². The molecule has 1 aromatic heterocycles. The van der Waals surface area contributed by atoms with Crippen LogP contribution in [-0.2, 0) is 6.54 Å². The molecule has 162 valence electrons. The van der Waals surface area contributed by atoms with E-state index in [1.165, 1.54) is 0 Å². The van der Waals surface area contributed by atoms with Crippen LogP contribution in [0.3, 0.4) is 0 Å². The minimum Gasteiger partial charge on any atom is -0.497 e. The van der Waals surface area contributed by atoms with Crippen molar-refractivity contribution in [3.8, 4) is 11.5 Å². The van der Waals surface area contributed by atoms with Crippen LogP contribution in [0.2, 0.25) is 0 Å². The van der Waals surface area contributed by atoms with Crippen LogP contribution in [0.5, 0.6) is 11.5 Å². The van der Waals surface area contributed by atoms with E-state index in [0.29, 0.717) is 19.1 Å². The average Bonchev–Trinajstić information content (AvgIpc) is 3.20. The van der Waals surface area contributed by atoms with E-state index in [2.05, 4.69) is 34.6 Å². The Labute approximate surface area is 190 Å². The summed E-state index contributed by atoms with van der Waals surface area (Å²) in [6.45, 7) is 6.27. The van der Waals surface area contributed by atoms with Gasteiger partial charge >= 0.3 is 0 Å². The normalized spacial score (nSPS) is 11.1. The van der Waals surface area contributed by atoms with Gasteiger partial charge in [0, 0.05) is 25.6 Å². The first-order chi connectivity index (χ1) is 13.7. The highest BCUT2D eigenvalue weighted by atomic mass is 127. The summed E-state index contributed by atoms with van der Waals surface area (Å²) in [7, 11) is 3.40. The fourth-order valence-electron chi connectivity index (χ4n) is 2.84. The largest absolute Gasteiger partial charge is 0.497 e. The molecule has 0 fully saturated rings. The summed E-state index contributed by atoms with van der Waals surface area (Å²) in [5.74, 6) is 3.66. The van der Waals surface area contributed by atoms with Crippen LogP contribution >= 0.6 is 24.0 Å². The summed E-state index contributed by atoms with van der Waals surface area (Å²) in [6, 6.07) is 9.61. The van der Waals surface area contributed by atoms with E-state index in [-0.39, 0.29) is 24.0 Å². The molecule has 0 amide bonds. The van der Waals surface area contributed by atoms with Crippen molar-refractivity contribution in [1.82, 2.24) is 15.8 Å². The van der Waals surface area contributed by atoms with Crippen LogP contribution in [0.1, 0.15) is 50.5 Å². The predicted octanol–water partition coefficient (Wildman–Crippen LogP) is 4.34. The highest BCUT2D eigenvalue weighted by Crippen LogP contribution is 2.22. The molecule has 2 N–H and O–H groups in total. The summed E-state index contributed by atoms with van der Waals surface area (Å²) >= 11 is 0. The van der Waals surface area contributed by atoms with Gasteiger partial charge in [0.1, 0.15) is 11.5 Å². The predicted molar refractivity (Wildman–Crippen MR) is 127 cm³/mol. The van der Waals surface area contributed by atoms with Gasteiger partial charge in [0.15, 0.2) is 11.7 Å². The molecule has 2 rings (SSSR count). The number of guanidine groups is 1. The Bertz CT molecular complexity index is 715. The topological polar surface area (TPSA) is 80.9 Å². The molecular weight excluding hydrogens is 483 g/mol. The van der Waals surface area contributed by atoms with Gasteiger partial charge in [-0.25, -0.2) is 0 Å². The Hall–Kier alpha value is -1.97. The molecule has 7 nitrogen and oxygen atoms in total. The number of benzene rings is 1. The molecule has 0 aliphatic rings. The highest BCUT2D eigenvalue weighted by Gasteiger charge is 2.13. The molecule has 0 bridgehead atoms. The fourth-order valence-corrected chi connectivity index (χ4v) is 2.84. The van der Waals surface area contributed by atoms with Gasteiger partial charge in [0.05, 0.1) is 26.0 Å². The van der Waals surface area contributed by atoms with Crippen LogP contribution in [0, 0.1) is 0 Å². The lowest BCUT2D eigenvalue weighted by atomic mass is 9.99. The Morgan fingerprint density at radius 2 is 1.83 bits per heavy atom. The van der Waals surface area contributed by atoms with Crippen LogP contribution in [-0.4, -0.2) is 38.4 Å². The first-order valence-corrected chi connectivity index (χ1v) is 9.87. The lowest BCUT2D eigenvalue weighted by Gasteiger charge is -2.11. The molecule has 0 saturated heterocycles.